The summed E-state index contributed by atoms with van der Waals surface area (Å²) >= 11 is 0.699. The average molecular weight is 303 g/mol. The Morgan fingerprint density at radius 3 is 2.58 bits per heavy atom. The van der Waals surface area contributed by atoms with Gasteiger partial charge in [0.1, 0.15) is 0 Å². The minimum absolute atomic E-state index is 0.235. The summed E-state index contributed by atoms with van der Waals surface area (Å²) in [6, 6.07) is 7.17. The van der Waals surface area contributed by atoms with E-state index in [-0.39, 0.29) is 4.90 Å². The minimum Gasteiger partial charge on any atom is -0.398 e. The predicted octanol–water partition coefficient (Wildman–Crippen LogP) is 2.10. The monoisotopic (exact) mass is 303 g/mol. The Hall–Kier alpha value is -1.36. The number of benzene rings is 2. The molecule has 0 saturated heterocycles. The van der Waals surface area contributed by atoms with E-state index < -0.39 is 10.1 Å². The highest BCUT2D eigenvalue weighted by Crippen LogP contribution is 2.30. The van der Waals surface area contributed by atoms with E-state index in [1.165, 1.54) is 18.2 Å². The van der Waals surface area contributed by atoms with Crippen LogP contribution in [-0.2, 0) is 19.5 Å². The van der Waals surface area contributed by atoms with Crippen molar-refractivity contribution in [1.29, 1.82) is 0 Å². The fraction of sp³-hybridized carbons (Fsp3) is 0. The van der Waals surface area contributed by atoms with Gasteiger partial charge in [-0.15, -0.1) is 4.33 Å². The molecule has 102 valence electrons. The Labute approximate surface area is 112 Å². The molecular weight excluding hydrogens is 294 g/mol. The van der Waals surface area contributed by atoms with Crippen LogP contribution < -0.4 is 5.73 Å². The molecule has 2 aromatic carbocycles. The Bertz CT molecular complexity index is 715. The normalized spacial score (nSPS) is 11.9. The van der Waals surface area contributed by atoms with Gasteiger partial charge in [-0.2, -0.15) is 8.42 Å². The summed E-state index contributed by atoms with van der Waals surface area (Å²) in [5.41, 5.74) is 6.20. The lowest BCUT2D eigenvalue weighted by atomic mass is 10.1. The van der Waals surface area contributed by atoms with Crippen LogP contribution in [0.4, 0.5) is 5.69 Å². The van der Waals surface area contributed by atoms with Gasteiger partial charge in [0.25, 0.3) is 10.1 Å². The fourth-order valence-corrected chi connectivity index (χ4v) is 2.59. The van der Waals surface area contributed by atoms with E-state index in [1.807, 2.05) is 0 Å². The van der Waals surface area contributed by atoms with Gasteiger partial charge in [0, 0.05) is 16.0 Å². The number of nitrogens with two attached hydrogens (primary N) is 1. The Kier molecular flexibility index (Phi) is 3.94. The van der Waals surface area contributed by atoms with E-state index in [0.717, 1.165) is 0 Å². The summed E-state index contributed by atoms with van der Waals surface area (Å²) in [6.45, 7) is 0. The van der Waals surface area contributed by atoms with Crippen LogP contribution in [0.15, 0.2) is 40.1 Å². The highest BCUT2D eigenvalue weighted by atomic mass is 32.2. The van der Waals surface area contributed by atoms with Gasteiger partial charge < -0.3 is 5.73 Å². The zero-order chi connectivity index (χ0) is 14.0. The van der Waals surface area contributed by atoms with Crippen LogP contribution in [0.1, 0.15) is 0 Å². The lowest BCUT2D eigenvalue weighted by molar-refractivity contribution is -0.432. The molecule has 0 heterocycles. The quantitative estimate of drug-likeness (QED) is 0.258. The van der Waals surface area contributed by atoms with Crippen molar-refractivity contribution in [3.05, 3.63) is 30.3 Å². The van der Waals surface area contributed by atoms with Crippen LogP contribution in [-0.4, -0.2) is 18.2 Å². The van der Waals surface area contributed by atoms with Gasteiger partial charge in [-0.25, -0.2) is 5.26 Å². The van der Waals surface area contributed by atoms with Crippen LogP contribution >= 0.6 is 12.0 Å². The van der Waals surface area contributed by atoms with Crippen molar-refractivity contribution in [2.45, 2.75) is 9.79 Å². The molecule has 0 radical (unpaired) electrons. The first-order valence-electron chi connectivity index (χ1n) is 4.87. The zero-order valence-corrected chi connectivity index (χ0v) is 10.9. The average Bonchev–Trinajstić information content (AvgIpc) is 2.34. The van der Waals surface area contributed by atoms with Crippen LogP contribution in [0.5, 0.6) is 0 Å². The van der Waals surface area contributed by atoms with E-state index in [0.29, 0.717) is 33.4 Å². The Balaban J connectivity index is 2.56. The van der Waals surface area contributed by atoms with Crippen molar-refractivity contribution >= 4 is 38.6 Å². The molecule has 19 heavy (non-hydrogen) atoms. The molecule has 0 saturated carbocycles. The van der Waals surface area contributed by atoms with Gasteiger partial charge in [-0.05, 0) is 29.7 Å². The van der Waals surface area contributed by atoms with Gasteiger partial charge in [-0.3, -0.25) is 4.55 Å². The molecule has 2 aromatic rings. The Morgan fingerprint density at radius 2 is 1.95 bits per heavy atom. The molecule has 0 aliphatic heterocycles. The van der Waals surface area contributed by atoms with Crippen LogP contribution in [0.3, 0.4) is 0 Å². The standard InChI is InChI=1S/C10H9NO6S2/c11-10-5-7(18-17-16-12)3-6-4-8(19(13,14)15)1-2-9(6)10/h1-5,12H,11H2,(H,13,14,15). The summed E-state index contributed by atoms with van der Waals surface area (Å²) < 4.78 is 35.4. The summed E-state index contributed by atoms with van der Waals surface area (Å²) in [5, 5.41) is 12.7. The SMILES string of the molecule is Nc1cc(SOOO)cc2cc(S(=O)(=O)O)ccc12. The van der Waals surface area contributed by atoms with E-state index in [1.54, 1.807) is 12.1 Å². The third kappa shape index (κ3) is 3.15. The van der Waals surface area contributed by atoms with Crippen molar-refractivity contribution in [3.63, 3.8) is 0 Å². The summed E-state index contributed by atoms with van der Waals surface area (Å²) in [4.78, 5) is 0.257. The van der Waals surface area contributed by atoms with Gasteiger partial charge in [0.15, 0.2) is 0 Å². The van der Waals surface area contributed by atoms with E-state index >= 15 is 0 Å². The molecule has 0 fully saturated rings. The lowest BCUT2D eigenvalue weighted by Gasteiger charge is -2.06. The maximum atomic E-state index is 11.1. The van der Waals surface area contributed by atoms with Crippen LogP contribution in [0, 0.1) is 0 Å². The predicted molar refractivity (Wildman–Crippen MR) is 68.8 cm³/mol. The topological polar surface area (TPSA) is 119 Å². The lowest BCUT2D eigenvalue weighted by Crippen LogP contribution is -1.98. The maximum Gasteiger partial charge on any atom is 0.294 e. The number of hydrogen-bond acceptors (Lipinski definition) is 7. The van der Waals surface area contributed by atoms with Crippen molar-refractivity contribution in [1.82, 2.24) is 0 Å². The molecule has 0 spiro atoms. The van der Waals surface area contributed by atoms with E-state index in [4.69, 9.17) is 15.5 Å². The summed E-state index contributed by atoms with van der Waals surface area (Å²) in [7, 11) is -4.28. The fourth-order valence-electron chi connectivity index (χ4n) is 1.61. The smallest absolute Gasteiger partial charge is 0.294 e. The van der Waals surface area contributed by atoms with E-state index in [9.17, 15) is 8.42 Å². The number of nitrogen functional groups attached to an aromatic ring is 1. The second kappa shape index (κ2) is 5.33. The highest BCUT2D eigenvalue weighted by Gasteiger charge is 2.11. The summed E-state index contributed by atoms with van der Waals surface area (Å²) in [5.74, 6) is 0. The molecule has 0 aliphatic carbocycles. The third-order valence-corrected chi connectivity index (χ3v) is 3.79. The van der Waals surface area contributed by atoms with Crippen molar-refractivity contribution < 1.29 is 27.6 Å². The van der Waals surface area contributed by atoms with Crippen molar-refractivity contribution in [2.24, 2.45) is 0 Å². The molecule has 7 nitrogen and oxygen atoms in total. The molecule has 9 heteroatoms. The largest absolute Gasteiger partial charge is 0.398 e. The number of hydrogen-bond donors (Lipinski definition) is 3. The number of fused-ring (bicyclic) bond motifs is 1. The first-order valence-corrected chi connectivity index (χ1v) is 7.05. The van der Waals surface area contributed by atoms with Crippen LogP contribution in [0.25, 0.3) is 10.8 Å². The second-order valence-electron chi connectivity index (χ2n) is 3.60. The third-order valence-electron chi connectivity index (χ3n) is 2.39. The molecular formula is C10H9NO6S2. The maximum absolute atomic E-state index is 11.1. The first-order chi connectivity index (χ1) is 8.91. The van der Waals surface area contributed by atoms with Gasteiger partial charge >= 0.3 is 0 Å². The minimum atomic E-state index is -4.28. The molecule has 0 aromatic heterocycles. The molecule has 0 amide bonds. The molecule has 0 unspecified atom stereocenters. The van der Waals surface area contributed by atoms with Gasteiger partial charge in [-0.1, -0.05) is 11.1 Å². The van der Waals surface area contributed by atoms with Crippen molar-refractivity contribution in [2.75, 3.05) is 5.73 Å². The molecule has 0 atom stereocenters. The zero-order valence-electron chi connectivity index (χ0n) is 9.31. The second-order valence-corrected chi connectivity index (χ2v) is 5.79. The number of anilines is 1. The van der Waals surface area contributed by atoms with Crippen molar-refractivity contribution in [3.8, 4) is 0 Å². The molecule has 0 aliphatic rings. The molecule has 2 rings (SSSR count). The molecule has 0 bridgehead atoms. The Morgan fingerprint density at radius 1 is 1.21 bits per heavy atom. The summed E-state index contributed by atoms with van der Waals surface area (Å²) in [6.07, 6.45) is 0. The molecule has 4 N–H and O–H groups in total. The van der Waals surface area contributed by atoms with Gasteiger partial charge in [0.2, 0.25) is 0 Å². The number of rotatable bonds is 4. The van der Waals surface area contributed by atoms with Gasteiger partial charge in [0.05, 0.1) is 16.9 Å². The van der Waals surface area contributed by atoms with Crippen LogP contribution in [0.2, 0.25) is 0 Å². The van der Waals surface area contributed by atoms with E-state index in [2.05, 4.69) is 9.37 Å². The first kappa shape index (κ1) is 14.1. The highest BCUT2D eigenvalue weighted by molar-refractivity contribution is 7.94.